The van der Waals surface area contributed by atoms with Crippen molar-refractivity contribution in [2.45, 2.75) is 39.7 Å². The molecule has 1 aromatic carbocycles. The number of rotatable bonds is 8. The minimum absolute atomic E-state index is 0.205. The molecule has 0 saturated carbocycles. The average Bonchev–Trinajstić information content (AvgIpc) is 2.33. The van der Waals surface area contributed by atoms with Gasteiger partial charge < -0.3 is 20.5 Å². The summed E-state index contributed by atoms with van der Waals surface area (Å²) in [6.07, 6.45) is 0.981. The van der Waals surface area contributed by atoms with Gasteiger partial charge in [0, 0.05) is 36.7 Å². The monoisotopic (exact) mass is 266 g/mol. The Morgan fingerprint density at radius 2 is 1.95 bits per heavy atom. The predicted molar refractivity (Wildman–Crippen MR) is 80.8 cm³/mol. The van der Waals surface area contributed by atoms with Crippen LogP contribution in [-0.2, 0) is 4.74 Å². The zero-order chi connectivity index (χ0) is 14.3. The van der Waals surface area contributed by atoms with Gasteiger partial charge in [0.05, 0.1) is 12.2 Å². The molecule has 0 aliphatic heterocycles. The van der Waals surface area contributed by atoms with Crippen molar-refractivity contribution in [2.24, 2.45) is 0 Å². The maximum atomic E-state index is 5.88. The molecule has 4 heteroatoms. The van der Waals surface area contributed by atoms with Crippen LogP contribution in [0.2, 0.25) is 0 Å². The van der Waals surface area contributed by atoms with Gasteiger partial charge >= 0.3 is 0 Å². The lowest BCUT2D eigenvalue weighted by Crippen LogP contribution is -2.33. The Bertz CT molecular complexity index is 392. The van der Waals surface area contributed by atoms with Gasteiger partial charge in [-0.15, -0.1) is 0 Å². The molecule has 0 radical (unpaired) electrons. The van der Waals surface area contributed by atoms with Gasteiger partial charge in [-0.1, -0.05) is 6.92 Å². The number of hydrogen-bond acceptors (Lipinski definition) is 4. The van der Waals surface area contributed by atoms with Crippen molar-refractivity contribution in [3.63, 3.8) is 0 Å². The van der Waals surface area contributed by atoms with Crippen LogP contribution in [0, 0.1) is 0 Å². The third kappa shape index (κ3) is 5.83. The van der Waals surface area contributed by atoms with Crippen LogP contribution in [0.5, 0.6) is 5.75 Å². The topological polar surface area (TPSA) is 56.5 Å². The molecular weight excluding hydrogens is 240 g/mol. The molecule has 4 nitrogen and oxygen atoms in total. The van der Waals surface area contributed by atoms with Crippen LogP contribution in [0.25, 0.3) is 0 Å². The highest BCUT2D eigenvalue weighted by atomic mass is 16.5. The lowest BCUT2D eigenvalue weighted by Gasteiger charge is -2.25. The highest BCUT2D eigenvalue weighted by Crippen LogP contribution is 2.23. The number of anilines is 2. The summed E-state index contributed by atoms with van der Waals surface area (Å²) in [7, 11) is 0. The SMILES string of the molecule is CCCOc1cc(N)cc(NCC(C)(C)OCC)c1. The molecule has 0 fully saturated rings. The second kappa shape index (κ2) is 7.24. The summed E-state index contributed by atoms with van der Waals surface area (Å²) < 4.78 is 11.3. The molecule has 0 spiro atoms. The van der Waals surface area contributed by atoms with Crippen LogP contribution in [0.4, 0.5) is 11.4 Å². The Hall–Kier alpha value is -1.42. The fourth-order valence-electron chi connectivity index (χ4n) is 1.78. The van der Waals surface area contributed by atoms with Crippen LogP contribution in [-0.4, -0.2) is 25.4 Å². The van der Waals surface area contributed by atoms with Crippen molar-refractivity contribution in [3.05, 3.63) is 18.2 Å². The van der Waals surface area contributed by atoms with Gasteiger partial charge in [0.1, 0.15) is 5.75 Å². The third-order valence-corrected chi connectivity index (χ3v) is 2.66. The van der Waals surface area contributed by atoms with Gasteiger partial charge in [0.2, 0.25) is 0 Å². The quantitative estimate of drug-likeness (QED) is 0.709. The van der Waals surface area contributed by atoms with Crippen molar-refractivity contribution < 1.29 is 9.47 Å². The molecule has 0 aromatic heterocycles. The maximum absolute atomic E-state index is 5.88. The summed E-state index contributed by atoms with van der Waals surface area (Å²) in [5, 5.41) is 3.34. The van der Waals surface area contributed by atoms with Gasteiger partial charge in [0.25, 0.3) is 0 Å². The Balaban J connectivity index is 2.65. The number of nitrogens with one attached hydrogen (secondary N) is 1. The molecular formula is C15H26N2O2. The third-order valence-electron chi connectivity index (χ3n) is 2.66. The molecule has 0 atom stereocenters. The van der Waals surface area contributed by atoms with Crippen LogP contribution in [0.1, 0.15) is 34.1 Å². The molecule has 19 heavy (non-hydrogen) atoms. The summed E-state index contributed by atoms with van der Waals surface area (Å²) in [5.74, 6) is 0.804. The van der Waals surface area contributed by atoms with E-state index in [9.17, 15) is 0 Å². The number of nitrogens with two attached hydrogens (primary N) is 1. The summed E-state index contributed by atoms with van der Waals surface area (Å²) in [6.45, 7) is 10.3. The molecule has 108 valence electrons. The molecule has 0 unspecified atom stereocenters. The van der Waals surface area contributed by atoms with Gasteiger partial charge in [-0.2, -0.15) is 0 Å². The van der Waals surface area contributed by atoms with E-state index < -0.39 is 0 Å². The minimum atomic E-state index is -0.205. The molecule has 0 aliphatic carbocycles. The number of nitrogen functional groups attached to an aromatic ring is 1. The second-order valence-corrected chi connectivity index (χ2v) is 5.19. The predicted octanol–water partition coefficient (Wildman–Crippen LogP) is 3.28. The highest BCUT2D eigenvalue weighted by molar-refractivity contribution is 5.59. The molecule has 0 aliphatic rings. The first-order valence-corrected chi connectivity index (χ1v) is 6.88. The lowest BCUT2D eigenvalue weighted by atomic mass is 10.1. The van der Waals surface area contributed by atoms with E-state index in [4.69, 9.17) is 15.2 Å². The Morgan fingerprint density at radius 3 is 2.58 bits per heavy atom. The van der Waals surface area contributed by atoms with E-state index >= 15 is 0 Å². The van der Waals surface area contributed by atoms with Crippen molar-refractivity contribution in [1.82, 2.24) is 0 Å². The van der Waals surface area contributed by atoms with Crippen LogP contribution < -0.4 is 15.8 Å². The Morgan fingerprint density at radius 1 is 1.21 bits per heavy atom. The normalized spacial score (nSPS) is 11.4. The second-order valence-electron chi connectivity index (χ2n) is 5.19. The minimum Gasteiger partial charge on any atom is -0.493 e. The number of hydrogen-bond donors (Lipinski definition) is 2. The Kier molecular flexibility index (Phi) is 5.96. The molecule has 1 rings (SSSR count). The van der Waals surface area contributed by atoms with E-state index in [0.29, 0.717) is 18.9 Å². The van der Waals surface area contributed by atoms with E-state index in [0.717, 1.165) is 24.4 Å². The van der Waals surface area contributed by atoms with Gasteiger partial charge in [0.15, 0.2) is 0 Å². The number of ether oxygens (including phenoxy) is 2. The molecule has 0 heterocycles. The van der Waals surface area contributed by atoms with Crippen molar-refractivity contribution in [3.8, 4) is 5.75 Å². The molecule has 1 aromatic rings. The summed E-state index contributed by atoms with van der Waals surface area (Å²) >= 11 is 0. The number of benzene rings is 1. The average molecular weight is 266 g/mol. The molecule has 0 saturated heterocycles. The maximum Gasteiger partial charge on any atom is 0.123 e. The lowest BCUT2D eigenvalue weighted by molar-refractivity contribution is 0.000694. The van der Waals surface area contributed by atoms with Crippen molar-refractivity contribution >= 4 is 11.4 Å². The van der Waals surface area contributed by atoms with Crippen molar-refractivity contribution in [1.29, 1.82) is 0 Å². The molecule has 0 amide bonds. The zero-order valence-corrected chi connectivity index (χ0v) is 12.5. The largest absolute Gasteiger partial charge is 0.493 e. The fourth-order valence-corrected chi connectivity index (χ4v) is 1.78. The van der Waals surface area contributed by atoms with Gasteiger partial charge in [-0.05, 0) is 33.3 Å². The van der Waals surface area contributed by atoms with Gasteiger partial charge in [-0.25, -0.2) is 0 Å². The van der Waals surface area contributed by atoms with E-state index in [1.54, 1.807) is 0 Å². The molecule has 0 bridgehead atoms. The van der Waals surface area contributed by atoms with Crippen molar-refractivity contribution in [2.75, 3.05) is 30.8 Å². The van der Waals surface area contributed by atoms with E-state index in [2.05, 4.69) is 26.1 Å². The van der Waals surface area contributed by atoms with E-state index in [1.165, 1.54) is 0 Å². The first-order valence-electron chi connectivity index (χ1n) is 6.88. The van der Waals surface area contributed by atoms with Crippen LogP contribution >= 0.6 is 0 Å². The first-order chi connectivity index (χ1) is 8.96. The zero-order valence-electron chi connectivity index (χ0n) is 12.5. The summed E-state index contributed by atoms with van der Waals surface area (Å²) in [6, 6.07) is 5.71. The smallest absolute Gasteiger partial charge is 0.123 e. The van der Waals surface area contributed by atoms with Crippen LogP contribution in [0.15, 0.2) is 18.2 Å². The standard InChI is InChI=1S/C15H26N2O2/c1-5-7-18-14-9-12(16)8-13(10-14)17-11-15(3,4)19-6-2/h8-10,17H,5-7,11,16H2,1-4H3. The van der Waals surface area contributed by atoms with E-state index in [-0.39, 0.29) is 5.60 Å². The molecule has 3 N–H and O–H groups in total. The summed E-state index contributed by atoms with van der Waals surface area (Å²) in [4.78, 5) is 0. The van der Waals surface area contributed by atoms with E-state index in [1.807, 2.05) is 25.1 Å². The Labute approximate surface area is 116 Å². The summed E-state index contributed by atoms with van der Waals surface area (Å²) in [5.41, 5.74) is 7.33. The van der Waals surface area contributed by atoms with Crippen LogP contribution in [0.3, 0.4) is 0 Å². The fraction of sp³-hybridized carbons (Fsp3) is 0.600. The highest BCUT2D eigenvalue weighted by Gasteiger charge is 2.17. The van der Waals surface area contributed by atoms with Gasteiger partial charge in [-0.3, -0.25) is 0 Å². The first kappa shape index (κ1) is 15.6.